The Morgan fingerprint density at radius 3 is 2.77 bits per heavy atom. The molecule has 3 aromatic rings. The van der Waals surface area contributed by atoms with Crippen LogP contribution in [0.15, 0.2) is 47.3 Å². The van der Waals surface area contributed by atoms with Crippen LogP contribution in [0.3, 0.4) is 0 Å². The second kappa shape index (κ2) is 7.52. The lowest BCUT2D eigenvalue weighted by Crippen LogP contribution is -2.10. The fraction of sp³-hybridized carbons (Fsp3) is 0.105. The highest BCUT2D eigenvalue weighted by Crippen LogP contribution is 2.28. The van der Waals surface area contributed by atoms with Crippen molar-refractivity contribution in [1.29, 1.82) is 0 Å². The molecule has 0 aliphatic rings. The number of para-hydroxylation sites is 1. The van der Waals surface area contributed by atoms with Gasteiger partial charge >= 0.3 is 5.97 Å². The molecular formula is C19H16N2O5. The summed E-state index contributed by atoms with van der Waals surface area (Å²) in [6.45, 7) is -0.451. The monoisotopic (exact) mass is 352 g/mol. The standard InChI is InChI=1S/C19H16N2O5/c1-25-16-10-12(6-8-15(16)26-11-18(22)23)7-9-17-20-14-5-3-2-4-13(14)19(24)21-17/h2-10H,11H2,1H3,(H,22,23)(H,20,21,24)/b9-7+. The zero-order valence-corrected chi connectivity index (χ0v) is 13.9. The van der Waals surface area contributed by atoms with Crippen LogP contribution >= 0.6 is 0 Å². The fourth-order valence-corrected chi connectivity index (χ4v) is 2.41. The summed E-state index contributed by atoms with van der Waals surface area (Å²) in [6.07, 6.45) is 3.44. The molecule has 1 heterocycles. The summed E-state index contributed by atoms with van der Waals surface area (Å²) in [5.41, 5.74) is 1.19. The molecule has 7 nitrogen and oxygen atoms in total. The normalized spacial score (nSPS) is 11.0. The van der Waals surface area contributed by atoms with Gasteiger partial charge < -0.3 is 19.6 Å². The van der Waals surface area contributed by atoms with E-state index in [0.29, 0.717) is 28.2 Å². The number of benzene rings is 2. The summed E-state index contributed by atoms with van der Waals surface area (Å²) in [7, 11) is 1.47. The van der Waals surface area contributed by atoms with Gasteiger partial charge in [-0.1, -0.05) is 24.3 Å². The van der Waals surface area contributed by atoms with E-state index in [1.165, 1.54) is 7.11 Å². The Morgan fingerprint density at radius 2 is 2.00 bits per heavy atom. The van der Waals surface area contributed by atoms with Crippen molar-refractivity contribution >= 4 is 29.0 Å². The average Bonchev–Trinajstić information content (AvgIpc) is 2.65. The highest BCUT2D eigenvalue weighted by molar-refractivity contribution is 5.79. The number of methoxy groups -OCH3 is 1. The van der Waals surface area contributed by atoms with E-state index in [2.05, 4.69) is 9.97 Å². The van der Waals surface area contributed by atoms with Crippen molar-refractivity contribution in [2.75, 3.05) is 13.7 Å². The van der Waals surface area contributed by atoms with E-state index >= 15 is 0 Å². The van der Waals surface area contributed by atoms with E-state index < -0.39 is 12.6 Å². The molecule has 132 valence electrons. The molecule has 26 heavy (non-hydrogen) atoms. The van der Waals surface area contributed by atoms with Gasteiger partial charge in [0.1, 0.15) is 5.82 Å². The Morgan fingerprint density at radius 1 is 1.19 bits per heavy atom. The number of aromatic nitrogens is 2. The smallest absolute Gasteiger partial charge is 0.341 e. The molecule has 0 aliphatic heterocycles. The van der Waals surface area contributed by atoms with Crippen LogP contribution in [0, 0.1) is 0 Å². The molecule has 0 radical (unpaired) electrons. The summed E-state index contributed by atoms with van der Waals surface area (Å²) >= 11 is 0. The van der Waals surface area contributed by atoms with Crippen molar-refractivity contribution in [3.63, 3.8) is 0 Å². The Kier molecular flexibility index (Phi) is 4.98. The quantitative estimate of drug-likeness (QED) is 0.707. The number of nitrogens with one attached hydrogen (secondary N) is 1. The van der Waals surface area contributed by atoms with Crippen LogP contribution in [0.4, 0.5) is 0 Å². The number of fused-ring (bicyclic) bond motifs is 1. The number of carbonyl (C=O) groups is 1. The van der Waals surface area contributed by atoms with Crippen LogP contribution in [0.1, 0.15) is 11.4 Å². The number of hydrogen-bond acceptors (Lipinski definition) is 5. The minimum Gasteiger partial charge on any atom is -0.493 e. The molecule has 2 N–H and O–H groups in total. The summed E-state index contributed by atoms with van der Waals surface area (Å²) in [5, 5.41) is 9.22. The van der Waals surface area contributed by atoms with Crippen LogP contribution in [-0.4, -0.2) is 34.8 Å². The number of carboxylic acid groups (broad SMARTS) is 1. The van der Waals surface area contributed by atoms with Gasteiger partial charge in [0.2, 0.25) is 0 Å². The lowest BCUT2D eigenvalue weighted by molar-refractivity contribution is -0.139. The minimum absolute atomic E-state index is 0.203. The third kappa shape index (κ3) is 3.89. The summed E-state index contributed by atoms with van der Waals surface area (Å²) in [5.74, 6) is 0.110. The number of aromatic amines is 1. The van der Waals surface area contributed by atoms with Gasteiger partial charge in [0.05, 0.1) is 18.0 Å². The summed E-state index contributed by atoms with van der Waals surface area (Å²) < 4.78 is 10.4. The maximum atomic E-state index is 12.1. The van der Waals surface area contributed by atoms with E-state index in [-0.39, 0.29) is 5.56 Å². The maximum absolute atomic E-state index is 12.1. The summed E-state index contributed by atoms with van der Waals surface area (Å²) in [6, 6.07) is 12.2. The van der Waals surface area contributed by atoms with Gasteiger partial charge in [-0.05, 0) is 35.9 Å². The molecule has 1 aromatic heterocycles. The van der Waals surface area contributed by atoms with Crippen molar-refractivity contribution in [3.05, 3.63) is 64.2 Å². The van der Waals surface area contributed by atoms with Gasteiger partial charge in [0.15, 0.2) is 18.1 Å². The Labute approximate surface area is 148 Å². The highest BCUT2D eigenvalue weighted by Gasteiger charge is 2.07. The molecule has 0 spiro atoms. The third-order valence-electron chi connectivity index (χ3n) is 3.60. The molecule has 0 saturated carbocycles. The van der Waals surface area contributed by atoms with E-state index in [0.717, 1.165) is 5.56 Å². The van der Waals surface area contributed by atoms with E-state index in [1.54, 1.807) is 48.6 Å². The largest absolute Gasteiger partial charge is 0.493 e. The van der Waals surface area contributed by atoms with E-state index in [9.17, 15) is 9.59 Å². The predicted octanol–water partition coefficient (Wildman–Crippen LogP) is 2.57. The molecule has 2 aromatic carbocycles. The van der Waals surface area contributed by atoms with Crippen molar-refractivity contribution in [2.24, 2.45) is 0 Å². The second-order valence-corrected chi connectivity index (χ2v) is 5.39. The van der Waals surface area contributed by atoms with Gasteiger partial charge in [-0.3, -0.25) is 4.79 Å². The number of ether oxygens (including phenoxy) is 2. The van der Waals surface area contributed by atoms with Gasteiger partial charge in [0.25, 0.3) is 5.56 Å². The van der Waals surface area contributed by atoms with Gasteiger partial charge in [0, 0.05) is 0 Å². The van der Waals surface area contributed by atoms with Crippen LogP contribution in [0.5, 0.6) is 11.5 Å². The Balaban J connectivity index is 1.86. The van der Waals surface area contributed by atoms with Crippen molar-refractivity contribution in [2.45, 2.75) is 0 Å². The highest BCUT2D eigenvalue weighted by atomic mass is 16.5. The van der Waals surface area contributed by atoms with Crippen molar-refractivity contribution < 1.29 is 19.4 Å². The Bertz CT molecular complexity index is 1040. The average molecular weight is 352 g/mol. The van der Waals surface area contributed by atoms with Crippen LogP contribution in [0.25, 0.3) is 23.1 Å². The molecular weight excluding hydrogens is 336 g/mol. The number of nitrogens with zero attached hydrogens (tertiary/aromatic N) is 1. The van der Waals surface area contributed by atoms with Crippen molar-refractivity contribution in [1.82, 2.24) is 9.97 Å². The SMILES string of the molecule is COc1cc(/C=C/c2nc3ccccc3c(=O)[nH]2)ccc1OCC(=O)O. The number of carboxylic acids is 1. The van der Waals surface area contributed by atoms with E-state index in [1.807, 2.05) is 6.07 Å². The van der Waals surface area contributed by atoms with Crippen molar-refractivity contribution in [3.8, 4) is 11.5 Å². The molecule has 0 fully saturated rings. The molecule has 0 aliphatic carbocycles. The fourth-order valence-electron chi connectivity index (χ4n) is 2.41. The lowest BCUT2D eigenvalue weighted by atomic mass is 10.2. The van der Waals surface area contributed by atoms with Gasteiger partial charge in [-0.25, -0.2) is 9.78 Å². The van der Waals surface area contributed by atoms with Gasteiger partial charge in [-0.2, -0.15) is 0 Å². The lowest BCUT2D eigenvalue weighted by Gasteiger charge is -2.09. The first-order valence-corrected chi connectivity index (χ1v) is 7.76. The van der Waals surface area contributed by atoms with Crippen LogP contribution in [-0.2, 0) is 4.79 Å². The molecule has 0 amide bonds. The molecule has 0 saturated heterocycles. The van der Waals surface area contributed by atoms with E-state index in [4.69, 9.17) is 14.6 Å². The van der Waals surface area contributed by atoms with Crippen LogP contribution < -0.4 is 15.0 Å². The molecule has 7 heteroatoms. The number of rotatable bonds is 6. The molecule has 3 rings (SSSR count). The number of H-pyrrole nitrogens is 1. The maximum Gasteiger partial charge on any atom is 0.341 e. The molecule has 0 bridgehead atoms. The van der Waals surface area contributed by atoms with Gasteiger partial charge in [-0.15, -0.1) is 0 Å². The predicted molar refractivity (Wildman–Crippen MR) is 97.4 cm³/mol. The third-order valence-corrected chi connectivity index (χ3v) is 3.60. The zero-order valence-electron chi connectivity index (χ0n) is 13.9. The second-order valence-electron chi connectivity index (χ2n) is 5.39. The summed E-state index contributed by atoms with van der Waals surface area (Å²) in [4.78, 5) is 29.8. The number of hydrogen-bond donors (Lipinski definition) is 2. The first kappa shape index (κ1) is 17.2. The topological polar surface area (TPSA) is 102 Å². The van der Waals surface area contributed by atoms with Crippen LogP contribution in [0.2, 0.25) is 0 Å². The minimum atomic E-state index is -1.07. The first-order valence-electron chi connectivity index (χ1n) is 7.76. The Hall–Kier alpha value is -3.61. The first-order chi connectivity index (χ1) is 12.6. The molecule has 0 unspecified atom stereocenters. The molecule has 0 atom stereocenters. The number of aliphatic carboxylic acids is 1. The zero-order chi connectivity index (χ0) is 18.5.